The second-order valence-electron chi connectivity index (χ2n) is 4.51. The van der Waals surface area contributed by atoms with Crippen molar-refractivity contribution in [1.82, 2.24) is 9.55 Å². The Labute approximate surface area is 117 Å². The number of nitrogens with one attached hydrogen (secondary N) is 1. The van der Waals surface area contributed by atoms with E-state index in [4.69, 9.17) is 12.2 Å². The molecule has 0 radical (unpaired) electrons. The van der Waals surface area contributed by atoms with Gasteiger partial charge in [-0.3, -0.25) is 4.57 Å². The van der Waals surface area contributed by atoms with Crippen LogP contribution in [0.25, 0.3) is 16.7 Å². The van der Waals surface area contributed by atoms with Gasteiger partial charge in [-0.1, -0.05) is 6.07 Å². The Bertz CT molecular complexity index is 880. The lowest BCUT2D eigenvalue weighted by atomic mass is 10.2. The largest absolute Gasteiger partial charge is 0.330 e. The highest BCUT2D eigenvalue weighted by Gasteiger charge is 2.16. The number of imidazole rings is 1. The fourth-order valence-electron chi connectivity index (χ4n) is 2.16. The first kappa shape index (κ1) is 12.9. The highest BCUT2D eigenvalue weighted by Crippen LogP contribution is 2.24. The lowest BCUT2D eigenvalue weighted by Crippen LogP contribution is -2.01. The fourth-order valence-corrected chi connectivity index (χ4v) is 2.46. The highest BCUT2D eigenvalue weighted by molar-refractivity contribution is 7.71. The summed E-state index contributed by atoms with van der Waals surface area (Å²) in [5.74, 6) is -3.24. The van der Waals surface area contributed by atoms with Crippen molar-refractivity contribution >= 4 is 23.3 Å². The molecule has 0 atom stereocenters. The minimum Gasteiger partial charge on any atom is -0.330 e. The predicted octanol–water partition coefficient (Wildman–Crippen LogP) is 4.41. The summed E-state index contributed by atoms with van der Waals surface area (Å²) in [4.78, 5) is 2.89. The molecule has 0 saturated heterocycles. The van der Waals surface area contributed by atoms with Crippen LogP contribution in [0.3, 0.4) is 0 Å². The normalized spacial score (nSPS) is 11.2. The van der Waals surface area contributed by atoms with Gasteiger partial charge in [0.2, 0.25) is 0 Å². The zero-order valence-corrected chi connectivity index (χ0v) is 11.2. The first-order chi connectivity index (χ1) is 9.47. The van der Waals surface area contributed by atoms with Crippen molar-refractivity contribution in [3.63, 3.8) is 0 Å². The molecule has 0 aliphatic carbocycles. The third kappa shape index (κ3) is 1.92. The van der Waals surface area contributed by atoms with Gasteiger partial charge in [-0.2, -0.15) is 0 Å². The molecular weight excluding hydrogens is 285 g/mol. The van der Waals surface area contributed by atoms with Gasteiger partial charge >= 0.3 is 0 Å². The summed E-state index contributed by atoms with van der Waals surface area (Å²) in [7, 11) is 0. The van der Waals surface area contributed by atoms with Gasteiger partial charge in [-0.25, -0.2) is 13.2 Å². The number of fused-ring (bicyclic) bond motifs is 1. The van der Waals surface area contributed by atoms with Gasteiger partial charge in [-0.05, 0) is 36.8 Å². The van der Waals surface area contributed by atoms with E-state index < -0.39 is 17.5 Å². The predicted molar refractivity (Wildman–Crippen MR) is 73.1 cm³/mol. The molecule has 3 aromatic rings. The van der Waals surface area contributed by atoms with Gasteiger partial charge in [0.1, 0.15) is 5.82 Å². The molecule has 1 heterocycles. The van der Waals surface area contributed by atoms with Crippen LogP contribution in [0.1, 0.15) is 5.56 Å². The molecule has 0 aliphatic rings. The fraction of sp³-hybridized carbons (Fsp3) is 0.0714. The Kier molecular flexibility index (Phi) is 2.90. The van der Waals surface area contributed by atoms with Crippen molar-refractivity contribution in [2.24, 2.45) is 0 Å². The number of nitrogens with zero attached hydrogens (tertiary/aromatic N) is 1. The molecule has 3 rings (SSSR count). The smallest absolute Gasteiger partial charge is 0.183 e. The van der Waals surface area contributed by atoms with E-state index in [1.165, 1.54) is 4.57 Å². The average molecular weight is 294 g/mol. The molecule has 1 N–H and O–H groups in total. The van der Waals surface area contributed by atoms with E-state index in [0.717, 1.165) is 11.6 Å². The van der Waals surface area contributed by atoms with E-state index in [2.05, 4.69) is 4.98 Å². The van der Waals surface area contributed by atoms with Crippen LogP contribution in [0.5, 0.6) is 0 Å². The highest BCUT2D eigenvalue weighted by atomic mass is 32.1. The Hall–Kier alpha value is -2.08. The molecule has 102 valence electrons. The lowest BCUT2D eigenvalue weighted by Gasteiger charge is -2.07. The number of aryl methyl sites for hydroxylation is 1. The Morgan fingerprint density at radius 1 is 1.10 bits per heavy atom. The second-order valence-corrected chi connectivity index (χ2v) is 4.89. The van der Waals surface area contributed by atoms with E-state index in [1.54, 1.807) is 12.1 Å². The number of benzene rings is 2. The summed E-state index contributed by atoms with van der Waals surface area (Å²) in [6.45, 7) is 1.86. The topological polar surface area (TPSA) is 20.7 Å². The molecule has 0 fully saturated rings. The average Bonchev–Trinajstić information content (AvgIpc) is 2.69. The molecule has 1 aromatic heterocycles. The summed E-state index contributed by atoms with van der Waals surface area (Å²) in [5.41, 5.74) is 1.92. The number of halogens is 3. The zero-order valence-electron chi connectivity index (χ0n) is 10.4. The van der Waals surface area contributed by atoms with Gasteiger partial charge in [-0.15, -0.1) is 0 Å². The Balaban J connectivity index is 2.43. The van der Waals surface area contributed by atoms with E-state index in [-0.39, 0.29) is 10.5 Å². The van der Waals surface area contributed by atoms with Crippen LogP contribution in [0.15, 0.2) is 30.3 Å². The molecule has 20 heavy (non-hydrogen) atoms. The van der Waals surface area contributed by atoms with Crippen molar-refractivity contribution in [1.29, 1.82) is 0 Å². The summed E-state index contributed by atoms with van der Waals surface area (Å²) < 4.78 is 42.1. The molecular formula is C14H9F3N2S. The van der Waals surface area contributed by atoms with E-state index >= 15 is 0 Å². The lowest BCUT2D eigenvalue weighted by molar-refractivity contribution is 0.491. The first-order valence-electron chi connectivity index (χ1n) is 5.83. The molecule has 0 saturated carbocycles. The van der Waals surface area contributed by atoms with Crippen LogP contribution in [-0.2, 0) is 0 Å². The number of aromatic nitrogens is 2. The molecule has 0 unspecified atom stereocenters. The summed E-state index contributed by atoms with van der Waals surface area (Å²) in [5, 5.41) is 0. The number of hydrogen-bond acceptors (Lipinski definition) is 1. The SMILES string of the molecule is Cc1ccc2[nH]c(=S)n(-c3cc(F)cc(F)c3F)c2c1. The zero-order chi connectivity index (χ0) is 14.4. The molecule has 2 aromatic carbocycles. The number of H-pyrrole nitrogens is 1. The van der Waals surface area contributed by atoms with Crippen molar-refractivity contribution in [2.45, 2.75) is 6.92 Å². The minimum absolute atomic E-state index is 0.175. The Morgan fingerprint density at radius 3 is 2.60 bits per heavy atom. The van der Waals surface area contributed by atoms with Crippen LogP contribution in [0.2, 0.25) is 0 Å². The number of rotatable bonds is 1. The number of aromatic amines is 1. The van der Waals surface area contributed by atoms with Crippen LogP contribution >= 0.6 is 12.2 Å². The van der Waals surface area contributed by atoms with Gasteiger partial charge in [0, 0.05) is 12.1 Å². The second kappa shape index (κ2) is 4.49. The van der Waals surface area contributed by atoms with Gasteiger partial charge in [0.05, 0.1) is 16.7 Å². The molecule has 0 amide bonds. The molecule has 0 spiro atoms. The summed E-state index contributed by atoms with van der Waals surface area (Å²) >= 11 is 5.12. The third-order valence-electron chi connectivity index (χ3n) is 3.05. The third-order valence-corrected chi connectivity index (χ3v) is 3.34. The van der Waals surface area contributed by atoms with Crippen molar-refractivity contribution in [3.8, 4) is 5.69 Å². The standard InChI is InChI=1S/C14H9F3N2S/c1-7-2-3-10-11(4-7)19(14(20)18-10)12-6-8(15)5-9(16)13(12)17/h2-6H,1H3,(H,18,20). The number of hydrogen-bond donors (Lipinski definition) is 1. The van der Waals surface area contributed by atoms with Crippen LogP contribution in [0, 0.1) is 29.1 Å². The van der Waals surface area contributed by atoms with Gasteiger partial charge < -0.3 is 4.98 Å². The monoisotopic (exact) mass is 294 g/mol. The summed E-state index contributed by atoms with van der Waals surface area (Å²) in [6.07, 6.45) is 0. The summed E-state index contributed by atoms with van der Waals surface area (Å²) in [6, 6.07) is 6.83. The quantitative estimate of drug-likeness (QED) is 0.520. The van der Waals surface area contributed by atoms with Crippen LogP contribution < -0.4 is 0 Å². The Morgan fingerprint density at radius 2 is 1.85 bits per heavy atom. The van der Waals surface area contributed by atoms with Gasteiger partial charge in [0.15, 0.2) is 16.4 Å². The van der Waals surface area contributed by atoms with Gasteiger partial charge in [0.25, 0.3) is 0 Å². The van der Waals surface area contributed by atoms with Crippen molar-refractivity contribution in [2.75, 3.05) is 0 Å². The maximum absolute atomic E-state index is 13.9. The molecule has 0 aliphatic heterocycles. The molecule has 6 heteroatoms. The van der Waals surface area contributed by atoms with E-state index in [1.807, 2.05) is 13.0 Å². The molecule has 0 bridgehead atoms. The van der Waals surface area contributed by atoms with Crippen molar-refractivity contribution in [3.05, 3.63) is 58.1 Å². The van der Waals surface area contributed by atoms with E-state index in [9.17, 15) is 13.2 Å². The minimum atomic E-state index is -1.25. The molecule has 2 nitrogen and oxygen atoms in total. The van der Waals surface area contributed by atoms with Crippen LogP contribution in [0.4, 0.5) is 13.2 Å². The van der Waals surface area contributed by atoms with Crippen molar-refractivity contribution < 1.29 is 13.2 Å². The van der Waals surface area contributed by atoms with Crippen LogP contribution in [-0.4, -0.2) is 9.55 Å². The van der Waals surface area contributed by atoms with E-state index in [0.29, 0.717) is 17.1 Å². The maximum atomic E-state index is 13.9. The maximum Gasteiger partial charge on any atom is 0.183 e. The first-order valence-corrected chi connectivity index (χ1v) is 6.24.